The van der Waals surface area contributed by atoms with Gasteiger partial charge in [-0.3, -0.25) is 14.7 Å². The standard InChI is InChI=1S/C21H20BrCl2N5O2S/c1-11(2)18(26-20(31)15-8-5-13(23)9-16(15)24)19-27-21(29-28-19)32-10-17(30)25-14-6-3-12(22)4-7-14/h3-9,11,18H,10H2,1-2H3,(H,25,30)(H,26,31)(H,27,28,29)/t18-/m1/s1. The van der Waals surface area contributed by atoms with Crippen molar-refractivity contribution in [2.45, 2.75) is 25.0 Å². The van der Waals surface area contributed by atoms with Crippen LogP contribution in [-0.2, 0) is 4.79 Å². The van der Waals surface area contributed by atoms with Crippen LogP contribution in [0.2, 0.25) is 10.0 Å². The minimum absolute atomic E-state index is 0.0246. The number of hydrogen-bond donors (Lipinski definition) is 3. The largest absolute Gasteiger partial charge is 0.342 e. The van der Waals surface area contributed by atoms with Gasteiger partial charge in [-0.05, 0) is 48.4 Å². The molecule has 3 N–H and O–H groups in total. The highest BCUT2D eigenvalue weighted by Gasteiger charge is 2.24. The van der Waals surface area contributed by atoms with Gasteiger partial charge in [0.15, 0.2) is 0 Å². The molecule has 0 fully saturated rings. The molecule has 1 atom stereocenters. The maximum absolute atomic E-state index is 12.7. The highest BCUT2D eigenvalue weighted by molar-refractivity contribution is 9.10. The molecule has 11 heteroatoms. The molecule has 7 nitrogen and oxygen atoms in total. The molecular weight excluding hydrogens is 537 g/mol. The van der Waals surface area contributed by atoms with Crippen LogP contribution in [0.3, 0.4) is 0 Å². The molecule has 3 aromatic rings. The van der Waals surface area contributed by atoms with E-state index in [1.165, 1.54) is 17.8 Å². The van der Waals surface area contributed by atoms with Crippen LogP contribution in [0.15, 0.2) is 52.1 Å². The third kappa shape index (κ3) is 6.71. The summed E-state index contributed by atoms with van der Waals surface area (Å²) in [5.41, 5.74) is 1.03. The molecule has 2 aromatic carbocycles. The molecular formula is C21H20BrCl2N5O2S. The van der Waals surface area contributed by atoms with Crippen LogP contribution in [-0.4, -0.2) is 32.7 Å². The van der Waals surface area contributed by atoms with Crippen LogP contribution in [0.1, 0.15) is 36.1 Å². The van der Waals surface area contributed by atoms with E-state index in [9.17, 15) is 9.59 Å². The number of thioether (sulfide) groups is 1. The van der Waals surface area contributed by atoms with Crippen LogP contribution in [0.5, 0.6) is 0 Å². The molecule has 0 saturated carbocycles. The van der Waals surface area contributed by atoms with Gasteiger partial charge in [-0.25, -0.2) is 4.98 Å². The lowest BCUT2D eigenvalue weighted by atomic mass is 10.0. The summed E-state index contributed by atoms with van der Waals surface area (Å²) in [5, 5.41) is 13.9. The Labute approximate surface area is 208 Å². The van der Waals surface area contributed by atoms with Crippen molar-refractivity contribution in [1.29, 1.82) is 0 Å². The van der Waals surface area contributed by atoms with Gasteiger partial charge >= 0.3 is 0 Å². The van der Waals surface area contributed by atoms with Crippen LogP contribution in [0.25, 0.3) is 0 Å². The Kier molecular flexibility index (Phi) is 8.58. The van der Waals surface area contributed by atoms with Crippen LogP contribution in [0.4, 0.5) is 5.69 Å². The van der Waals surface area contributed by atoms with E-state index in [4.69, 9.17) is 23.2 Å². The van der Waals surface area contributed by atoms with Crippen molar-refractivity contribution >= 4 is 68.4 Å². The number of amides is 2. The SMILES string of the molecule is CC(C)[C@@H](NC(=O)c1ccc(Cl)cc1Cl)c1nc(SCC(=O)Nc2ccc(Br)cc2)n[nH]1. The first-order chi connectivity index (χ1) is 15.2. The number of benzene rings is 2. The average molecular weight is 557 g/mol. The summed E-state index contributed by atoms with van der Waals surface area (Å²) >= 11 is 16.6. The Morgan fingerprint density at radius 3 is 2.53 bits per heavy atom. The summed E-state index contributed by atoms with van der Waals surface area (Å²) in [6.07, 6.45) is 0. The highest BCUT2D eigenvalue weighted by Crippen LogP contribution is 2.25. The van der Waals surface area contributed by atoms with Crippen molar-refractivity contribution in [2.24, 2.45) is 5.92 Å². The van der Waals surface area contributed by atoms with E-state index in [2.05, 4.69) is 41.7 Å². The van der Waals surface area contributed by atoms with Crippen molar-refractivity contribution in [2.75, 3.05) is 11.1 Å². The normalized spacial score (nSPS) is 11.9. The molecule has 0 aliphatic carbocycles. The Bertz CT molecular complexity index is 1110. The van der Waals surface area contributed by atoms with Gasteiger partial charge in [0.25, 0.3) is 5.91 Å². The Hall–Kier alpha value is -2.07. The zero-order valence-corrected chi connectivity index (χ0v) is 21.1. The zero-order chi connectivity index (χ0) is 23.3. The quantitative estimate of drug-likeness (QED) is 0.307. The van der Waals surface area contributed by atoms with Crippen LogP contribution < -0.4 is 10.6 Å². The monoisotopic (exact) mass is 555 g/mol. The summed E-state index contributed by atoms with van der Waals surface area (Å²) in [6.45, 7) is 3.91. The van der Waals surface area contributed by atoms with E-state index in [1.807, 2.05) is 26.0 Å². The molecule has 1 aromatic heterocycles. The number of halogens is 3. The van der Waals surface area contributed by atoms with E-state index >= 15 is 0 Å². The highest BCUT2D eigenvalue weighted by atomic mass is 79.9. The smallest absolute Gasteiger partial charge is 0.253 e. The molecule has 1 heterocycles. The number of carbonyl (C=O) groups excluding carboxylic acids is 2. The van der Waals surface area contributed by atoms with Gasteiger partial charge in [-0.2, -0.15) is 0 Å². The summed E-state index contributed by atoms with van der Waals surface area (Å²) in [4.78, 5) is 29.4. The fourth-order valence-corrected chi connectivity index (χ4v) is 4.13. The number of anilines is 1. The van der Waals surface area contributed by atoms with E-state index in [1.54, 1.807) is 24.3 Å². The second kappa shape index (κ2) is 11.2. The number of aromatic nitrogens is 3. The first kappa shape index (κ1) is 24.6. The topological polar surface area (TPSA) is 99.8 Å². The summed E-state index contributed by atoms with van der Waals surface area (Å²) < 4.78 is 0.934. The number of H-pyrrole nitrogens is 1. The molecule has 168 valence electrons. The fourth-order valence-electron chi connectivity index (χ4n) is 2.77. The van der Waals surface area contributed by atoms with E-state index in [0.29, 0.717) is 27.3 Å². The van der Waals surface area contributed by atoms with Crippen LogP contribution in [0, 0.1) is 5.92 Å². The maximum Gasteiger partial charge on any atom is 0.253 e. The Morgan fingerprint density at radius 1 is 1.16 bits per heavy atom. The second-order valence-electron chi connectivity index (χ2n) is 7.17. The zero-order valence-electron chi connectivity index (χ0n) is 17.2. The first-order valence-corrected chi connectivity index (χ1v) is 12.1. The number of hydrogen-bond acceptors (Lipinski definition) is 5. The van der Waals surface area contributed by atoms with Crippen molar-refractivity contribution in [1.82, 2.24) is 20.5 Å². The number of nitrogens with one attached hydrogen (secondary N) is 3. The number of aromatic amines is 1. The van der Waals surface area contributed by atoms with Gasteiger partial charge < -0.3 is 10.6 Å². The number of nitrogens with zero attached hydrogens (tertiary/aromatic N) is 2. The molecule has 0 radical (unpaired) electrons. The molecule has 0 aliphatic rings. The van der Waals surface area contributed by atoms with Crippen molar-refractivity contribution < 1.29 is 9.59 Å². The molecule has 3 rings (SSSR count). The summed E-state index contributed by atoms with van der Waals surface area (Å²) in [6, 6.07) is 11.6. The lowest BCUT2D eigenvalue weighted by Crippen LogP contribution is -2.32. The van der Waals surface area contributed by atoms with E-state index in [-0.39, 0.29) is 28.5 Å². The summed E-state index contributed by atoms with van der Waals surface area (Å²) in [7, 11) is 0. The summed E-state index contributed by atoms with van der Waals surface area (Å²) in [5.74, 6) is 0.150. The van der Waals surface area contributed by atoms with Crippen molar-refractivity contribution in [3.05, 3.63) is 68.4 Å². The van der Waals surface area contributed by atoms with Gasteiger partial charge in [0.05, 0.1) is 22.4 Å². The number of rotatable bonds is 8. The fraction of sp³-hybridized carbons (Fsp3) is 0.238. The Morgan fingerprint density at radius 2 is 1.88 bits per heavy atom. The van der Waals surface area contributed by atoms with Gasteiger partial charge in [-0.15, -0.1) is 5.10 Å². The third-order valence-electron chi connectivity index (χ3n) is 4.37. The minimum atomic E-state index is -0.423. The van der Waals surface area contributed by atoms with E-state index < -0.39 is 6.04 Å². The van der Waals surface area contributed by atoms with Gasteiger partial charge in [0, 0.05) is 15.2 Å². The predicted molar refractivity (Wildman–Crippen MR) is 131 cm³/mol. The van der Waals surface area contributed by atoms with Crippen LogP contribution >= 0.6 is 50.9 Å². The molecule has 0 saturated heterocycles. The van der Waals surface area contributed by atoms with Gasteiger partial charge in [0.2, 0.25) is 11.1 Å². The Balaban J connectivity index is 1.61. The second-order valence-corrected chi connectivity index (χ2v) is 9.87. The van der Waals surface area contributed by atoms with Gasteiger partial charge in [-0.1, -0.05) is 64.7 Å². The lowest BCUT2D eigenvalue weighted by molar-refractivity contribution is -0.113. The molecule has 0 bridgehead atoms. The molecule has 0 aliphatic heterocycles. The number of carbonyl (C=O) groups is 2. The molecule has 32 heavy (non-hydrogen) atoms. The van der Waals surface area contributed by atoms with E-state index in [0.717, 1.165) is 4.47 Å². The third-order valence-corrected chi connectivity index (χ3v) is 6.29. The molecule has 2 amide bonds. The first-order valence-electron chi connectivity index (χ1n) is 9.59. The van der Waals surface area contributed by atoms with Crippen molar-refractivity contribution in [3.63, 3.8) is 0 Å². The predicted octanol–water partition coefficient (Wildman–Crippen LogP) is 5.73. The molecule has 0 spiro atoms. The minimum Gasteiger partial charge on any atom is -0.342 e. The van der Waals surface area contributed by atoms with Crippen molar-refractivity contribution in [3.8, 4) is 0 Å². The maximum atomic E-state index is 12.7. The van der Waals surface area contributed by atoms with Gasteiger partial charge in [0.1, 0.15) is 5.82 Å². The average Bonchev–Trinajstić information content (AvgIpc) is 3.20. The molecule has 0 unspecified atom stereocenters. The lowest BCUT2D eigenvalue weighted by Gasteiger charge is -2.20.